The summed E-state index contributed by atoms with van der Waals surface area (Å²) in [6.45, 7) is 2.82. The lowest BCUT2D eigenvalue weighted by molar-refractivity contribution is -0.142. The van der Waals surface area contributed by atoms with Crippen LogP contribution in [0.2, 0.25) is 0 Å². The lowest BCUT2D eigenvalue weighted by Crippen LogP contribution is -2.47. The number of hydrogen-bond donors (Lipinski definition) is 1. The van der Waals surface area contributed by atoms with Crippen LogP contribution in [0.15, 0.2) is 35.1 Å². The van der Waals surface area contributed by atoms with Crippen molar-refractivity contribution in [1.82, 2.24) is 14.9 Å². The summed E-state index contributed by atoms with van der Waals surface area (Å²) in [5.74, 6) is 0.0945. The molecular formula is C19H20FN3O3. The quantitative estimate of drug-likeness (QED) is 0.910. The SMILES string of the molecule is Cc1nc([C@@H]2CN(C(=O)C3(c4ccccc4F)CC3)CCO2)cc(=O)[nH]1. The van der Waals surface area contributed by atoms with E-state index in [1.165, 1.54) is 12.1 Å². The summed E-state index contributed by atoms with van der Waals surface area (Å²) >= 11 is 0. The Hall–Kier alpha value is -2.54. The monoisotopic (exact) mass is 357 g/mol. The Morgan fingerprint density at radius 2 is 2.15 bits per heavy atom. The number of H-pyrrole nitrogens is 1. The summed E-state index contributed by atoms with van der Waals surface area (Å²) in [6, 6.07) is 7.88. The molecule has 2 fully saturated rings. The second-order valence-corrected chi connectivity index (χ2v) is 6.93. The van der Waals surface area contributed by atoms with Crippen molar-refractivity contribution >= 4 is 5.91 Å². The van der Waals surface area contributed by atoms with Gasteiger partial charge in [0.05, 0.1) is 24.3 Å². The van der Waals surface area contributed by atoms with Crippen molar-refractivity contribution in [3.05, 3.63) is 63.6 Å². The molecule has 2 heterocycles. The standard InChI is InChI=1S/C19H20FN3O3/c1-12-21-15(10-17(24)22-12)16-11-23(8-9-26-16)18(25)19(6-7-19)13-4-2-3-5-14(13)20/h2-5,10,16H,6-9,11H2,1H3,(H,21,22,24)/t16-/m0/s1. The Bertz CT molecular complexity index is 907. The van der Waals surface area contributed by atoms with E-state index in [0.717, 1.165) is 0 Å². The number of nitrogens with one attached hydrogen (secondary N) is 1. The number of rotatable bonds is 3. The summed E-state index contributed by atoms with van der Waals surface area (Å²) in [7, 11) is 0. The summed E-state index contributed by atoms with van der Waals surface area (Å²) < 4.78 is 20.0. The highest BCUT2D eigenvalue weighted by atomic mass is 19.1. The number of aromatic nitrogens is 2. The second-order valence-electron chi connectivity index (χ2n) is 6.93. The first-order chi connectivity index (χ1) is 12.5. The van der Waals surface area contributed by atoms with Gasteiger partial charge in [0, 0.05) is 18.2 Å². The zero-order valence-corrected chi connectivity index (χ0v) is 14.5. The van der Waals surface area contributed by atoms with E-state index in [9.17, 15) is 14.0 Å². The van der Waals surface area contributed by atoms with Gasteiger partial charge in [0.25, 0.3) is 5.56 Å². The Morgan fingerprint density at radius 1 is 1.38 bits per heavy atom. The van der Waals surface area contributed by atoms with Crippen LogP contribution in [0.3, 0.4) is 0 Å². The number of ether oxygens (including phenoxy) is 1. The van der Waals surface area contributed by atoms with Crippen LogP contribution < -0.4 is 5.56 Å². The van der Waals surface area contributed by atoms with E-state index < -0.39 is 11.5 Å². The Kier molecular flexibility index (Phi) is 4.11. The largest absolute Gasteiger partial charge is 0.368 e. The van der Waals surface area contributed by atoms with Gasteiger partial charge in [0.1, 0.15) is 17.7 Å². The third-order valence-electron chi connectivity index (χ3n) is 5.11. The first kappa shape index (κ1) is 16.9. The van der Waals surface area contributed by atoms with Gasteiger partial charge in [0.2, 0.25) is 5.91 Å². The van der Waals surface area contributed by atoms with Crippen LogP contribution in [-0.2, 0) is 14.9 Å². The van der Waals surface area contributed by atoms with Crippen molar-refractivity contribution in [3.8, 4) is 0 Å². The van der Waals surface area contributed by atoms with Gasteiger partial charge in [-0.2, -0.15) is 0 Å². The highest BCUT2D eigenvalue weighted by molar-refractivity contribution is 5.91. The van der Waals surface area contributed by atoms with Gasteiger partial charge in [-0.1, -0.05) is 18.2 Å². The van der Waals surface area contributed by atoms with E-state index in [1.54, 1.807) is 30.0 Å². The predicted octanol–water partition coefficient (Wildman–Crippen LogP) is 1.85. The molecule has 1 aromatic carbocycles. The third kappa shape index (κ3) is 2.92. The molecule has 1 aliphatic heterocycles. The van der Waals surface area contributed by atoms with Crippen LogP contribution in [0.5, 0.6) is 0 Å². The summed E-state index contributed by atoms with van der Waals surface area (Å²) in [4.78, 5) is 33.5. The minimum Gasteiger partial charge on any atom is -0.368 e. The molecule has 1 N–H and O–H groups in total. The topological polar surface area (TPSA) is 75.3 Å². The molecule has 1 aromatic heterocycles. The van der Waals surface area contributed by atoms with Gasteiger partial charge >= 0.3 is 0 Å². The fourth-order valence-electron chi connectivity index (χ4n) is 3.66. The lowest BCUT2D eigenvalue weighted by atomic mass is 9.93. The van der Waals surface area contributed by atoms with Gasteiger partial charge in [-0.15, -0.1) is 0 Å². The molecule has 1 aliphatic carbocycles. The number of morpholine rings is 1. The summed E-state index contributed by atoms with van der Waals surface area (Å²) in [5, 5.41) is 0. The van der Waals surface area contributed by atoms with Gasteiger partial charge in [-0.05, 0) is 25.8 Å². The van der Waals surface area contributed by atoms with Crippen molar-refractivity contribution in [2.24, 2.45) is 0 Å². The molecule has 2 aromatic rings. The first-order valence-electron chi connectivity index (χ1n) is 8.73. The minimum atomic E-state index is -0.759. The second kappa shape index (κ2) is 6.32. The van der Waals surface area contributed by atoms with Gasteiger partial charge < -0.3 is 14.6 Å². The van der Waals surface area contributed by atoms with E-state index >= 15 is 0 Å². The summed E-state index contributed by atoms with van der Waals surface area (Å²) in [6.07, 6.45) is 0.846. The number of carbonyl (C=O) groups excluding carboxylic acids is 1. The number of carbonyl (C=O) groups is 1. The molecule has 1 saturated carbocycles. The molecule has 0 unspecified atom stereocenters. The lowest BCUT2D eigenvalue weighted by Gasteiger charge is -2.35. The van der Waals surface area contributed by atoms with Crippen molar-refractivity contribution in [2.75, 3.05) is 19.7 Å². The molecule has 7 heteroatoms. The van der Waals surface area contributed by atoms with E-state index in [0.29, 0.717) is 49.6 Å². The number of nitrogens with zero attached hydrogens (tertiary/aromatic N) is 2. The van der Waals surface area contributed by atoms with Gasteiger partial charge in [0.15, 0.2) is 0 Å². The highest BCUT2D eigenvalue weighted by Crippen LogP contribution is 2.50. The average molecular weight is 357 g/mol. The van der Waals surface area contributed by atoms with Crippen LogP contribution in [0, 0.1) is 12.7 Å². The molecule has 1 atom stereocenters. The molecule has 136 valence electrons. The Balaban J connectivity index is 1.57. The number of amides is 1. The number of halogens is 1. The fourth-order valence-corrected chi connectivity index (χ4v) is 3.66. The maximum atomic E-state index is 14.2. The minimum absolute atomic E-state index is 0.0718. The Morgan fingerprint density at radius 3 is 2.85 bits per heavy atom. The normalized spacial score (nSPS) is 21.5. The van der Waals surface area contributed by atoms with Crippen LogP contribution in [0.25, 0.3) is 0 Å². The molecule has 0 bridgehead atoms. The zero-order valence-electron chi connectivity index (χ0n) is 14.5. The van der Waals surface area contributed by atoms with Crippen LogP contribution in [0.1, 0.15) is 36.0 Å². The molecule has 6 nitrogen and oxygen atoms in total. The summed E-state index contributed by atoms with van der Waals surface area (Å²) in [5.41, 5.74) is -0.0210. The first-order valence-corrected chi connectivity index (χ1v) is 8.73. The van der Waals surface area contributed by atoms with Gasteiger partial charge in [-0.25, -0.2) is 9.37 Å². The maximum absolute atomic E-state index is 14.2. The van der Waals surface area contributed by atoms with Crippen LogP contribution in [0.4, 0.5) is 4.39 Å². The van der Waals surface area contributed by atoms with Crippen molar-refractivity contribution in [2.45, 2.75) is 31.3 Å². The number of aryl methyl sites for hydroxylation is 1. The molecule has 26 heavy (non-hydrogen) atoms. The molecule has 1 amide bonds. The number of benzene rings is 1. The van der Waals surface area contributed by atoms with Crippen LogP contribution in [-0.4, -0.2) is 40.5 Å². The fraction of sp³-hybridized carbons (Fsp3) is 0.421. The number of hydrogen-bond acceptors (Lipinski definition) is 4. The van der Waals surface area contributed by atoms with E-state index in [2.05, 4.69) is 9.97 Å². The zero-order chi connectivity index (χ0) is 18.3. The Labute approximate surface area is 150 Å². The van der Waals surface area contributed by atoms with Crippen molar-refractivity contribution < 1.29 is 13.9 Å². The molecule has 0 spiro atoms. The molecule has 1 saturated heterocycles. The van der Waals surface area contributed by atoms with E-state index in [1.807, 2.05) is 0 Å². The molecule has 4 rings (SSSR count). The van der Waals surface area contributed by atoms with Crippen LogP contribution >= 0.6 is 0 Å². The highest BCUT2D eigenvalue weighted by Gasteiger charge is 2.54. The molecule has 2 aliphatic rings. The smallest absolute Gasteiger partial charge is 0.251 e. The van der Waals surface area contributed by atoms with E-state index in [-0.39, 0.29) is 17.3 Å². The number of aromatic amines is 1. The molecular weight excluding hydrogens is 337 g/mol. The average Bonchev–Trinajstić information content (AvgIpc) is 3.42. The van der Waals surface area contributed by atoms with E-state index in [4.69, 9.17) is 4.74 Å². The van der Waals surface area contributed by atoms with Gasteiger partial charge in [-0.3, -0.25) is 9.59 Å². The molecule has 0 radical (unpaired) electrons. The van der Waals surface area contributed by atoms with Crippen molar-refractivity contribution in [3.63, 3.8) is 0 Å². The van der Waals surface area contributed by atoms with Crippen molar-refractivity contribution in [1.29, 1.82) is 0 Å². The third-order valence-corrected chi connectivity index (χ3v) is 5.11. The maximum Gasteiger partial charge on any atom is 0.251 e. The predicted molar refractivity (Wildman–Crippen MR) is 92.2 cm³/mol.